The highest BCUT2D eigenvalue weighted by molar-refractivity contribution is 5.33. The SMILES string of the molecule is CCN1CCCCC1c1ccc(C)cc1C. The molecule has 1 fully saturated rings. The maximum Gasteiger partial charge on any atom is 0.0350 e. The van der Waals surface area contributed by atoms with Gasteiger partial charge in [0.05, 0.1) is 0 Å². The van der Waals surface area contributed by atoms with Crippen molar-refractivity contribution in [2.75, 3.05) is 13.1 Å². The van der Waals surface area contributed by atoms with E-state index in [2.05, 4.69) is 43.9 Å². The molecule has 1 aromatic rings. The van der Waals surface area contributed by atoms with Crippen molar-refractivity contribution in [2.24, 2.45) is 0 Å². The van der Waals surface area contributed by atoms with Gasteiger partial charge in [-0.1, -0.05) is 37.1 Å². The van der Waals surface area contributed by atoms with Crippen LogP contribution in [0.1, 0.15) is 48.9 Å². The minimum atomic E-state index is 0.666. The number of hydrogen-bond donors (Lipinski definition) is 0. The molecule has 0 radical (unpaired) electrons. The standard InChI is InChI=1S/C15H23N/c1-4-16-10-6-5-7-15(16)14-9-8-12(2)11-13(14)3/h8-9,11,15H,4-7,10H2,1-3H3. The molecule has 1 aromatic carbocycles. The van der Waals surface area contributed by atoms with Gasteiger partial charge in [0.15, 0.2) is 0 Å². The molecular weight excluding hydrogens is 194 g/mol. The monoisotopic (exact) mass is 217 g/mol. The average Bonchev–Trinajstić information content (AvgIpc) is 2.29. The van der Waals surface area contributed by atoms with Crippen LogP contribution < -0.4 is 0 Å². The van der Waals surface area contributed by atoms with Gasteiger partial charge in [-0.05, 0) is 50.9 Å². The van der Waals surface area contributed by atoms with E-state index in [0.717, 1.165) is 0 Å². The molecule has 16 heavy (non-hydrogen) atoms. The van der Waals surface area contributed by atoms with Crippen LogP contribution in [0.25, 0.3) is 0 Å². The van der Waals surface area contributed by atoms with Gasteiger partial charge in [-0.3, -0.25) is 4.90 Å². The van der Waals surface area contributed by atoms with Gasteiger partial charge in [-0.2, -0.15) is 0 Å². The van der Waals surface area contributed by atoms with Crippen molar-refractivity contribution in [2.45, 2.75) is 46.1 Å². The first kappa shape index (κ1) is 11.7. The average molecular weight is 217 g/mol. The van der Waals surface area contributed by atoms with Crippen molar-refractivity contribution in [1.82, 2.24) is 4.90 Å². The van der Waals surface area contributed by atoms with Crippen LogP contribution in [0.4, 0.5) is 0 Å². The lowest BCUT2D eigenvalue weighted by Gasteiger charge is -2.36. The largest absolute Gasteiger partial charge is 0.297 e. The molecular formula is C15H23N. The molecule has 0 bridgehead atoms. The number of nitrogens with zero attached hydrogens (tertiary/aromatic N) is 1. The number of aryl methyl sites for hydroxylation is 2. The molecule has 1 heterocycles. The molecule has 1 aliphatic heterocycles. The van der Waals surface area contributed by atoms with Gasteiger partial charge in [0.2, 0.25) is 0 Å². The van der Waals surface area contributed by atoms with Crippen LogP contribution in [-0.4, -0.2) is 18.0 Å². The van der Waals surface area contributed by atoms with E-state index in [1.807, 2.05) is 0 Å². The van der Waals surface area contributed by atoms with E-state index in [1.54, 1.807) is 5.56 Å². The summed E-state index contributed by atoms with van der Waals surface area (Å²) in [5.74, 6) is 0. The zero-order valence-electron chi connectivity index (χ0n) is 10.8. The second-order valence-electron chi connectivity index (χ2n) is 5.00. The molecule has 1 atom stereocenters. The van der Waals surface area contributed by atoms with Crippen LogP contribution in [0.3, 0.4) is 0 Å². The predicted octanol–water partition coefficient (Wildman–Crippen LogP) is 3.85. The minimum Gasteiger partial charge on any atom is -0.297 e. The molecule has 1 unspecified atom stereocenters. The van der Waals surface area contributed by atoms with Crippen LogP contribution >= 0.6 is 0 Å². The summed E-state index contributed by atoms with van der Waals surface area (Å²) in [7, 11) is 0. The Morgan fingerprint density at radius 1 is 1.25 bits per heavy atom. The maximum atomic E-state index is 2.63. The summed E-state index contributed by atoms with van der Waals surface area (Å²) in [4.78, 5) is 2.63. The maximum absolute atomic E-state index is 2.63. The Labute approximate surface area is 99.5 Å². The summed E-state index contributed by atoms with van der Waals surface area (Å²) in [5, 5.41) is 0. The predicted molar refractivity (Wildman–Crippen MR) is 69.8 cm³/mol. The number of hydrogen-bond acceptors (Lipinski definition) is 1. The molecule has 0 saturated carbocycles. The molecule has 1 aliphatic rings. The lowest BCUT2D eigenvalue weighted by Crippen LogP contribution is -2.33. The van der Waals surface area contributed by atoms with Crippen LogP contribution in [0.5, 0.6) is 0 Å². The van der Waals surface area contributed by atoms with E-state index in [1.165, 1.54) is 43.5 Å². The summed E-state index contributed by atoms with van der Waals surface area (Å²) in [6, 6.07) is 7.57. The highest BCUT2D eigenvalue weighted by Gasteiger charge is 2.23. The van der Waals surface area contributed by atoms with Crippen molar-refractivity contribution in [1.29, 1.82) is 0 Å². The zero-order valence-corrected chi connectivity index (χ0v) is 10.8. The Morgan fingerprint density at radius 2 is 2.06 bits per heavy atom. The third-order valence-electron chi connectivity index (χ3n) is 3.80. The van der Waals surface area contributed by atoms with Gasteiger partial charge in [0.25, 0.3) is 0 Å². The fourth-order valence-electron chi connectivity index (χ4n) is 2.92. The first-order valence-electron chi connectivity index (χ1n) is 6.53. The van der Waals surface area contributed by atoms with E-state index >= 15 is 0 Å². The molecule has 1 heteroatoms. The molecule has 0 spiro atoms. The topological polar surface area (TPSA) is 3.24 Å². The fourth-order valence-corrected chi connectivity index (χ4v) is 2.92. The summed E-state index contributed by atoms with van der Waals surface area (Å²) in [5.41, 5.74) is 4.39. The van der Waals surface area contributed by atoms with Crippen LogP contribution in [0.2, 0.25) is 0 Å². The summed E-state index contributed by atoms with van der Waals surface area (Å²) in [6.45, 7) is 9.16. The van der Waals surface area contributed by atoms with E-state index < -0.39 is 0 Å². The Morgan fingerprint density at radius 3 is 2.75 bits per heavy atom. The highest BCUT2D eigenvalue weighted by atomic mass is 15.2. The first-order valence-corrected chi connectivity index (χ1v) is 6.53. The number of piperidine rings is 1. The lowest BCUT2D eigenvalue weighted by atomic mass is 9.91. The lowest BCUT2D eigenvalue weighted by molar-refractivity contribution is 0.156. The number of benzene rings is 1. The summed E-state index contributed by atoms with van der Waals surface area (Å²) < 4.78 is 0. The van der Waals surface area contributed by atoms with E-state index in [9.17, 15) is 0 Å². The van der Waals surface area contributed by atoms with Gasteiger partial charge in [-0.15, -0.1) is 0 Å². The Balaban J connectivity index is 2.27. The minimum absolute atomic E-state index is 0.666. The van der Waals surface area contributed by atoms with Gasteiger partial charge in [0.1, 0.15) is 0 Å². The van der Waals surface area contributed by atoms with Crippen molar-refractivity contribution in [3.63, 3.8) is 0 Å². The van der Waals surface area contributed by atoms with Crippen molar-refractivity contribution in [3.05, 3.63) is 34.9 Å². The van der Waals surface area contributed by atoms with E-state index in [0.29, 0.717) is 6.04 Å². The number of rotatable bonds is 2. The third kappa shape index (κ3) is 2.30. The third-order valence-corrected chi connectivity index (χ3v) is 3.80. The van der Waals surface area contributed by atoms with Gasteiger partial charge < -0.3 is 0 Å². The fraction of sp³-hybridized carbons (Fsp3) is 0.600. The van der Waals surface area contributed by atoms with Gasteiger partial charge in [-0.25, -0.2) is 0 Å². The van der Waals surface area contributed by atoms with Crippen LogP contribution in [-0.2, 0) is 0 Å². The second-order valence-corrected chi connectivity index (χ2v) is 5.00. The highest BCUT2D eigenvalue weighted by Crippen LogP contribution is 2.32. The second kappa shape index (κ2) is 5.01. The van der Waals surface area contributed by atoms with Crippen LogP contribution in [0.15, 0.2) is 18.2 Å². The Hall–Kier alpha value is -0.820. The first-order chi connectivity index (χ1) is 7.72. The molecule has 0 N–H and O–H groups in total. The molecule has 0 aromatic heterocycles. The van der Waals surface area contributed by atoms with Crippen LogP contribution in [0, 0.1) is 13.8 Å². The molecule has 2 rings (SSSR count). The summed E-state index contributed by atoms with van der Waals surface area (Å²) in [6.07, 6.45) is 4.08. The number of likely N-dealkylation sites (tertiary alicyclic amines) is 1. The van der Waals surface area contributed by atoms with Gasteiger partial charge >= 0.3 is 0 Å². The van der Waals surface area contributed by atoms with Crippen molar-refractivity contribution >= 4 is 0 Å². The normalized spacial score (nSPS) is 22.3. The molecule has 88 valence electrons. The molecule has 0 aliphatic carbocycles. The smallest absolute Gasteiger partial charge is 0.0350 e. The molecule has 0 amide bonds. The van der Waals surface area contributed by atoms with Crippen molar-refractivity contribution in [3.8, 4) is 0 Å². The summed E-state index contributed by atoms with van der Waals surface area (Å²) >= 11 is 0. The van der Waals surface area contributed by atoms with Gasteiger partial charge in [0, 0.05) is 6.04 Å². The Kier molecular flexibility index (Phi) is 3.65. The van der Waals surface area contributed by atoms with Crippen molar-refractivity contribution < 1.29 is 0 Å². The quantitative estimate of drug-likeness (QED) is 0.727. The molecule has 1 nitrogen and oxygen atoms in total. The molecule has 1 saturated heterocycles. The zero-order chi connectivity index (χ0) is 11.5. The van der Waals surface area contributed by atoms with E-state index in [-0.39, 0.29) is 0 Å². The van der Waals surface area contributed by atoms with E-state index in [4.69, 9.17) is 0 Å². The Bertz CT molecular complexity index is 356.